The summed E-state index contributed by atoms with van der Waals surface area (Å²) in [7, 11) is 0. The first kappa shape index (κ1) is 7.98. The van der Waals surface area contributed by atoms with E-state index in [-0.39, 0.29) is 5.54 Å². The maximum Gasteiger partial charge on any atom is 0.0368 e. The molecule has 1 fully saturated rings. The molecule has 3 nitrogen and oxygen atoms in total. The summed E-state index contributed by atoms with van der Waals surface area (Å²) in [5.41, 5.74) is 5.80. The van der Waals surface area contributed by atoms with Crippen molar-refractivity contribution in [1.82, 2.24) is 10.6 Å². The number of hydrogen-bond acceptors (Lipinski definition) is 3. The number of nitrogens with one attached hydrogen (secondary N) is 2. The number of piperazine rings is 1. The summed E-state index contributed by atoms with van der Waals surface area (Å²) in [6.07, 6.45) is 0. The second-order valence-electron chi connectivity index (χ2n) is 3.53. The molecule has 0 radical (unpaired) electrons. The Morgan fingerprint density at radius 1 is 1.40 bits per heavy atom. The Labute approximate surface area is 62.4 Å². The minimum absolute atomic E-state index is 0.104. The molecule has 10 heavy (non-hydrogen) atoms. The average Bonchev–Trinajstić information content (AvgIpc) is 1.88. The van der Waals surface area contributed by atoms with Gasteiger partial charge in [-0.3, -0.25) is 0 Å². The van der Waals surface area contributed by atoms with Gasteiger partial charge in [0.25, 0.3) is 0 Å². The zero-order valence-corrected chi connectivity index (χ0v) is 6.78. The van der Waals surface area contributed by atoms with Gasteiger partial charge in [-0.05, 0) is 13.8 Å². The van der Waals surface area contributed by atoms with Crippen LogP contribution in [0.3, 0.4) is 0 Å². The van der Waals surface area contributed by atoms with Crippen LogP contribution in [0, 0.1) is 0 Å². The van der Waals surface area contributed by atoms with Crippen molar-refractivity contribution in [1.29, 1.82) is 0 Å². The molecule has 3 heteroatoms. The largest absolute Gasteiger partial charge is 0.324 e. The van der Waals surface area contributed by atoms with Crippen molar-refractivity contribution in [3.63, 3.8) is 0 Å². The Morgan fingerprint density at radius 2 is 2.10 bits per heavy atom. The van der Waals surface area contributed by atoms with E-state index in [1.165, 1.54) is 0 Å². The molecule has 0 aliphatic carbocycles. The third-order valence-electron chi connectivity index (χ3n) is 1.94. The normalized spacial score (nSPS) is 28.5. The molecular formula is C7H17N3. The molecule has 0 aromatic carbocycles. The lowest BCUT2D eigenvalue weighted by atomic mass is 9.95. The van der Waals surface area contributed by atoms with Crippen LogP contribution < -0.4 is 16.4 Å². The lowest BCUT2D eigenvalue weighted by molar-refractivity contribution is 0.300. The van der Waals surface area contributed by atoms with Crippen molar-refractivity contribution in [3.8, 4) is 0 Å². The molecule has 0 amide bonds. The molecule has 0 aromatic rings. The molecule has 1 unspecified atom stereocenters. The minimum Gasteiger partial charge on any atom is -0.324 e. The second kappa shape index (κ2) is 2.86. The smallest absolute Gasteiger partial charge is 0.0368 e. The molecule has 60 valence electrons. The Bertz CT molecular complexity index is 99.9. The Hall–Kier alpha value is -0.120. The van der Waals surface area contributed by atoms with Crippen molar-refractivity contribution in [2.24, 2.45) is 5.73 Å². The molecule has 1 saturated heterocycles. The van der Waals surface area contributed by atoms with Crippen molar-refractivity contribution >= 4 is 0 Å². The third-order valence-corrected chi connectivity index (χ3v) is 1.94. The monoisotopic (exact) mass is 143 g/mol. The minimum atomic E-state index is -0.104. The molecule has 0 saturated carbocycles. The van der Waals surface area contributed by atoms with Gasteiger partial charge in [0.05, 0.1) is 0 Å². The lowest BCUT2D eigenvalue weighted by Crippen LogP contribution is -2.61. The Balaban J connectivity index is 2.39. The van der Waals surface area contributed by atoms with Crippen molar-refractivity contribution < 1.29 is 0 Å². The van der Waals surface area contributed by atoms with Crippen LogP contribution in [0.4, 0.5) is 0 Å². The SMILES string of the molecule is CC(C)(N)C1CNCCN1. The fourth-order valence-corrected chi connectivity index (χ4v) is 1.18. The van der Waals surface area contributed by atoms with Gasteiger partial charge in [0.2, 0.25) is 0 Å². The van der Waals surface area contributed by atoms with E-state index in [2.05, 4.69) is 24.5 Å². The molecule has 1 rings (SSSR count). The van der Waals surface area contributed by atoms with Gasteiger partial charge < -0.3 is 16.4 Å². The molecule has 4 N–H and O–H groups in total. The van der Waals surface area contributed by atoms with Gasteiger partial charge in [-0.15, -0.1) is 0 Å². The van der Waals surface area contributed by atoms with Gasteiger partial charge in [-0.1, -0.05) is 0 Å². The Kier molecular flexibility index (Phi) is 2.28. The van der Waals surface area contributed by atoms with Gasteiger partial charge >= 0.3 is 0 Å². The van der Waals surface area contributed by atoms with Crippen molar-refractivity contribution in [3.05, 3.63) is 0 Å². The molecule has 1 aliphatic heterocycles. The van der Waals surface area contributed by atoms with Gasteiger partial charge in [0, 0.05) is 31.2 Å². The molecule has 0 aromatic heterocycles. The zero-order valence-electron chi connectivity index (χ0n) is 6.78. The molecular weight excluding hydrogens is 126 g/mol. The molecule has 0 spiro atoms. The van der Waals surface area contributed by atoms with Crippen LogP contribution in [-0.2, 0) is 0 Å². The average molecular weight is 143 g/mol. The maximum atomic E-state index is 5.91. The highest BCUT2D eigenvalue weighted by Crippen LogP contribution is 2.04. The molecule has 1 heterocycles. The summed E-state index contributed by atoms with van der Waals surface area (Å²) >= 11 is 0. The van der Waals surface area contributed by atoms with Crippen LogP contribution in [0.2, 0.25) is 0 Å². The molecule has 1 aliphatic rings. The first-order valence-electron chi connectivity index (χ1n) is 3.83. The van der Waals surface area contributed by atoms with Crippen molar-refractivity contribution in [2.45, 2.75) is 25.4 Å². The van der Waals surface area contributed by atoms with Gasteiger partial charge in [-0.25, -0.2) is 0 Å². The quantitative estimate of drug-likeness (QED) is 0.454. The van der Waals surface area contributed by atoms with E-state index >= 15 is 0 Å². The van der Waals surface area contributed by atoms with Gasteiger partial charge in [-0.2, -0.15) is 0 Å². The van der Waals surface area contributed by atoms with Crippen molar-refractivity contribution in [2.75, 3.05) is 19.6 Å². The molecule has 0 bridgehead atoms. The highest BCUT2D eigenvalue weighted by Gasteiger charge is 2.25. The summed E-state index contributed by atoms with van der Waals surface area (Å²) in [4.78, 5) is 0. The first-order chi connectivity index (χ1) is 4.61. The lowest BCUT2D eigenvalue weighted by Gasteiger charge is -2.34. The van der Waals surface area contributed by atoms with Crippen LogP contribution in [0.25, 0.3) is 0 Å². The Morgan fingerprint density at radius 3 is 2.40 bits per heavy atom. The van der Waals surface area contributed by atoms with E-state index < -0.39 is 0 Å². The van der Waals surface area contributed by atoms with Crippen LogP contribution in [0.5, 0.6) is 0 Å². The van der Waals surface area contributed by atoms with E-state index in [9.17, 15) is 0 Å². The predicted octanol–water partition coefficient (Wildman–Crippen LogP) is -0.715. The standard InChI is InChI=1S/C7H17N3/c1-7(2,8)6-5-9-3-4-10-6/h6,9-10H,3-5,8H2,1-2H3. The third kappa shape index (κ3) is 1.94. The van der Waals surface area contributed by atoms with E-state index in [4.69, 9.17) is 5.73 Å². The van der Waals surface area contributed by atoms with Gasteiger partial charge in [0.1, 0.15) is 0 Å². The van der Waals surface area contributed by atoms with E-state index in [0.29, 0.717) is 6.04 Å². The van der Waals surface area contributed by atoms with Crippen LogP contribution >= 0.6 is 0 Å². The number of rotatable bonds is 1. The highest BCUT2D eigenvalue weighted by molar-refractivity contribution is 4.91. The topological polar surface area (TPSA) is 50.1 Å². The van der Waals surface area contributed by atoms with Gasteiger partial charge in [0.15, 0.2) is 0 Å². The summed E-state index contributed by atoms with van der Waals surface area (Å²) in [6, 6.07) is 0.418. The van der Waals surface area contributed by atoms with E-state index in [1.54, 1.807) is 0 Å². The molecule has 1 atom stereocenters. The first-order valence-corrected chi connectivity index (χ1v) is 3.83. The number of hydrogen-bond donors (Lipinski definition) is 3. The summed E-state index contributed by atoms with van der Waals surface area (Å²) in [6.45, 7) is 7.19. The zero-order chi connectivity index (χ0) is 7.61. The second-order valence-corrected chi connectivity index (χ2v) is 3.53. The summed E-state index contributed by atoms with van der Waals surface area (Å²) < 4.78 is 0. The van der Waals surface area contributed by atoms with E-state index in [1.807, 2.05) is 0 Å². The maximum absolute atomic E-state index is 5.91. The summed E-state index contributed by atoms with van der Waals surface area (Å²) in [5, 5.41) is 6.67. The highest BCUT2D eigenvalue weighted by atomic mass is 15.1. The fraction of sp³-hybridized carbons (Fsp3) is 1.00. The number of nitrogens with two attached hydrogens (primary N) is 1. The predicted molar refractivity (Wildman–Crippen MR) is 42.9 cm³/mol. The summed E-state index contributed by atoms with van der Waals surface area (Å²) in [5.74, 6) is 0. The van der Waals surface area contributed by atoms with Crippen LogP contribution in [0.15, 0.2) is 0 Å². The van der Waals surface area contributed by atoms with E-state index in [0.717, 1.165) is 19.6 Å². The van der Waals surface area contributed by atoms with Crippen LogP contribution in [-0.4, -0.2) is 31.2 Å². The van der Waals surface area contributed by atoms with Crippen LogP contribution in [0.1, 0.15) is 13.8 Å². The fourth-order valence-electron chi connectivity index (χ4n) is 1.18.